The van der Waals surface area contributed by atoms with E-state index in [2.05, 4.69) is 23.3 Å². The molecular weight excluding hydrogens is 246 g/mol. The molecule has 1 heterocycles. The molecule has 3 heteroatoms. The molecule has 3 nitrogen and oxygen atoms in total. The molecule has 1 N–H and O–H groups in total. The zero-order chi connectivity index (χ0) is 14.6. The number of nitrogens with zero attached hydrogens (tertiary/aromatic N) is 2. The molecule has 0 fully saturated rings. The maximum Gasteiger partial charge on any atom is 0.0766 e. The fourth-order valence-corrected chi connectivity index (χ4v) is 1.95. The highest BCUT2D eigenvalue weighted by Gasteiger charge is 2.18. The third kappa shape index (κ3) is 3.16. The van der Waals surface area contributed by atoms with Crippen molar-refractivity contribution in [2.24, 2.45) is 0 Å². The Labute approximate surface area is 120 Å². The van der Waals surface area contributed by atoms with Crippen LogP contribution in [0.3, 0.4) is 0 Å². The van der Waals surface area contributed by atoms with Crippen molar-refractivity contribution in [3.8, 4) is 6.07 Å². The van der Waals surface area contributed by atoms with Gasteiger partial charge in [-0.15, -0.1) is 0 Å². The molecule has 0 unspecified atom stereocenters. The quantitative estimate of drug-likeness (QED) is 0.914. The Morgan fingerprint density at radius 3 is 2.50 bits per heavy atom. The standard InChI is InChI=1S/C17H19N3/c1-13-8-9-19-10-14(13)11-20-16-6-4-15(5-7-16)17(2,3)12-18/h4-10,20H,11H2,1-3H3. The summed E-state index contributed by atoms with van der Waals surface area (Å²) in [5.41, 5.74) is 4.05. The van der Waals surface area contributed by atoms with Crippen molar-refractivity contribution in [1.29, 1.82) is 5.26 Å². The molecule has 0 radical (unpaired) electrons. The predicted octanol–water partition coefficient (Wildman–Crippen LogP) is 3.80. The van der Waals surface area contributed by atoms with Gasteiger partial charge >= 0.3 is 0 Å². The second-order valence-electron chi connectivity index (χ2n) is 5.47. The van der Waals surface area contributed by atoms with Crippen LogP contribution in [0.4, 0.5) is 5.69 Å². The molecule has 20 heavy (non-hydrogen) atoms. The first-order chi connectivity index (χ1) is 9.53. The third-order valence-corrected chi connectivity index (χ3v) is 3.52. The number of pyridine rings is 1. The van der Waals surface area contributed by atoms with Crippen LogP contribution in [0.1, 0.15) is 30.5 Å². The molecule has 0 saturated heterocycles. The zero-order valence-electron chi connectivity index (χ0n) is 12.1. The Hall–Kier alpha value is -2.34. The van der Waals surface area contributed by atoms with Gasteiger partial charge < -0.3 is 5.32 Å². The number of rotatable bonds is 4. The maximum absolute atomic E-state index is 9.13. The molecule has 102 valence electrons. The molecule has 0 spiro atoms. The lowest BCUT2D eigenvalue weighted by Crippen LogP contribution is -2.13. The molecule has 0 atom stereocenters. The van der Waals surface area contributed by atoms with Crippen LogP contribution >= 0.6 is 0 Å². The van der Waals surface area contributed by atoms with Crippen molar-refractivity contribution < 1.29 is 0 Å². The van der Waals surface area contributed by atoms with Crippen molar-refractivity contribution in [1.82, 2.24) is 4.98 Å². The number of hydrogen-bond acceptors (Lipinski definition) is 3. The van der Waals surface area contributed by atoms with Gasteiger partial charge in [-0.25, -0.2) is 0 Å². The molecule has 0 aliphatic rings. The lowest BCUT2D eigenvalue weighted by atomic mass is 9.86. The highest BCUT2D eigenvalue weighted by molar-refractivity contribution is 5.47. The minimum Gasteiger partial charge on any atom is -0.381 e. The lowest BCUT2D eigenvalue weighted by molar-refractivity contribution is 0.687. The number of anilines is 1. The van der Waals surface area contributed by atoms with Gasteiger partial charge in [-0.05, 0) is 55.7 Å². The second kappa shape index (κ2) is 5.75. The van der Waals surface area contributed by atoms with Gasteiger partial charge in [0.1, 0.15) is 0 Å². The van der Waals surface area contributed by atoms with Gasteiger partial charge in [0.05, 0.1) is 11.5 Å². The van der Waals surface area contributed by atoms with E-state index < -0.39 is 5.41 Å². The first kappa shape index (κ1) is 14.1. The van der Waals surface area contributed by atoms with Crippen molar-refractivity contribution in [3.63, 3.8) is 0 Å². The van der Waals surface area contributed by atoms with Gasteiger partial charge in [0.2, 0.25) is 0 Å². The maximum atomic E-state index is 9.13. The van der Waals surface area contributed by atoms with Crippen molar-refractivity contribution in [2.45, 2.75) is 32.7 Å². The van der Waals surface area contributed by atoms with Crippen LogP contribution < -0.4 is 5.32 Å². The van der Waals surface area contributed by atoms with Crippen LogP contribution in [-0.2, 0) is 12.0 Å². The molecule has 0 amide bonds. The fourth-order valence-electron chi connectivity index (χ4n) is 1.95. The minimum atomic E-state index is -0.446. The fraction of sp³-hybridized carbons (Fsp3) is 0.294. The number of benzene rings is 1. The monoisotopic (exact) mass is 265 g/mol. The summed E-state index contributed by atoms with van der Waals surface area (Å²) in [6.07, 6.45) is 3.69. The largest absolute Gasteiger partial charge is 0.381 e. The van der Waals surface area contributed by atoms with Gasteiger partial charge in [0.15, 0.2) is 0 Å². The first-order valence-corrected chi connectivity index (χ1v) is 6.68. The molecule has 0 saturated carbocycles. The van der Waals surface area contributed by atoms with E-state index in [1.165, 1.54) is 11.1 Å². The van der Waals surface area contributed by atoms with Crippen LogP contribution in [0.25, 0.3) is 0 Å². The topological polar surface area (TPSA) is 48.7 Å². The van der Waals surface area contributed by atoms with Crippen molar-refractivity contribution >= 4 is 5.69 Å². The van der Waals surface area contributed by atoms with E-state index in [1.54, 1.807) is 6.20 Å². The molecule has 2 rings (SSSR count). The third-order valence-electron chi connectivity index (χ3n) is 3.52. The number of aryl methyl sites for hydroxylation is 1. The summed E-state index contributed by atoms with van der Waals surface area (Å²) >= 11 is 0. The average molecular weight is 265 g/mol. The Kier molecular flexibility index (Phi) is 4.05. The molecular formula is C17H19N3. The Morgan fingerprint density at radius 2 is 1.90 bits per heavy atom. The van der Waals surface area contributed by atoms with E-state index in [4.69, 9.17) is 5.26 Å². The van der Waals surface area contributed by atoms with E-state index in [9.17, 15) is 0 Å². The molecule has 2 aromatic rings. The normalized spacial score (nSPS) is 10.9. The van der Waals surface area contributed by atoms with E-state index in [0.29, 0.717) is 0 Å². The molecule has 1 aromatic carbocycles. The first-order valence-electron chi connectivity index (χ1n) is 6.68. The zero-order valence-corrected chi connectivity index (χ0v) is 12.1. The van der Waals surface area contributed by atoms with Crippen LogP contribution in [0, 0.1) is 18.3 Å². The number of nitriles is 1. The summed E-state index contributed by atoms with van der Waals surface area (Å²) in [6, 6.07) is 12.4. The van der Waals surface area contributed by atoms with Crippen LogP contribution in [0.5, 0.6) is 0 Å². The Balaban J connectivity index is 2.06. The molecule has 0 bridgehead atoms. The van der Waals surface area contributed by atoms with Crippen molar-refractivity contribution in [2.75, 3.05) is 5.32 Å². The molecule has 0 aliphatic carbocycles. The van der Waals surface area contributed by atoms with E-state index in [1.807, 2.05) is 50.4 Å². The molecule has 0 aliphatic heterocycles. The van der Waals surface area contributed by atoms with Gasteiger partial charge in [-0.3, -0.25) is 4.98 Å². The SMILES string of the molecule is Cc1ccncc1CNc1ccc(C(C)(C)C#N)cc1. The highest BCUT2D eigenvalue weighted by Crippen LogP contribution is 2.23. The summed E-state index contributed by atoms with van der Waals surface area (Å²) in [5.74, 6) is 0. The van der Waals surface area contributed by atoms with Crippen molar-refractivity contribution in [3.05, 3.63) is 59.4 Å². The Bertz CT molecular complexity index is 621. The highest BCUT2D eigenvalue weighted by atomic mass is 14.9. The van der Waals surface area contributed by atoms with Crippen LogP contribution in [0.2, 0.25) is 0 Å². The Morgan fingerprint density at radius 1 is 1.20 bits per heavy atom. The van der Waals surface area contributed by atoms with E-state index in [-0.39, 0.29) is 0 Å². The lowest BCUT2D eigenvalue weighted by Gasteiger charge is -2.16. The number of aromatic nitrogens is 1. The van der Waals surface area contributed by atoms with Gasteiger partial charge in [0, 0.05) is 24.6 Å². The van der Waals surface area contributed by atoms with Gasteiger partial charge in [-0.1, -0.05) is 12.1 Å². The summed E-state index contributed by atoms with van der Waals surface area (Å²) in [4.78, 5) is 4.14. The molecule has 1 aromatic heterocycles. The smallest absolute Gasteiger partial charge is 0.0766 e. The minimum absolute atomic E-state index is 0.446. The second-order valence-corrected chi connectivity index (χ2v) is 5.47. The average Bonchev–Trinajstić information content (AvgIpc) is 2.47. The van der Waals surface area contributed by atoms with E-state index in [0.717, 1.165) is 17.8 Å². The summed E-state index contributed by atoms with van der Waals surface area (Å²) in [6.45, 7) is 6.68. The van der Waals surface area contributed by atoms with Crippen LogP contribution in [0.15, 0.2) is 42.7 Å². The summed E-state index contributed by atoms with van der Waals surface area (Å²) in [7, 11) is 0. The summed E-state index contributed by atoms with van der Waals surface area (Å²) < 4.78 is 0. The summed E-state index contributed by atoms with van der Waals surface area (Å²) in [5, 5.41) is 12.5. The predicted molar refractivity (Wildman–Crippen MR) is 81.4 cm³/mol. The van der Waals surface area contributed by atoms with Gasteiger partial charge in [0.25, 0.3) is 0 Å². The van der Waals surface area contributed by atoms with Gasteiger partial charge in [-0.2, -0.15) is 5.26 Å². The van der Waals surface area contributed by atoms with Crippen LogP contribution in [-0.4, -0.2) is 4.98 Å². The van der Waals surface area contributed by atoms with E-state index >= 15 is 0 Å². The number of nitrogens with one attached hydrogen (secondary N) is 1. The number of hydrogen-bond donors (Lipinski definition) is 1.